The quantitative estimate of drug-likeness (QED) is 0.372. The van der Waals surface area contributed by atoms with Crippen LogP contribution in [0.3, 0.4) is 0 Å². The Morgan fingerprint density at radius 2 is 2.31 bits per heavy atom. The Bertz CT molecular complexity index is 191. The molecule has 0 aromatic carbocycles. The van der Waals surface area contributed by atoms with Crippen molar-refractivity contribution in [2.24, 2.45) is 0 Å². The van der Waals surface area contributed by atoms with Crippen LogP contribution >= 0.6 is 0 Å². The highest BCUT2D eigenvalue weighted by Gasteiger charge is 1.95. The second-order valence-corrected chi connectivity index (χ2v) is 2.56. The maximum atomic E-state index is 11.0. The first-order valence-electron chi connectivity index (χ1n) is 4.55. The van der Waals surface area contributed by atoms with Gasteiger partial charge in [-0.05, 0) is 26.3 Å². The van der Waals surface area contributed by atoms with E-state index in [9.17, 15) is 4.79 Å². The van der Waals surface area contributed by atoms with E-state index in [4.69, 9.17) is 4.74 Å². The van der Waals surface area contributed by atoms with E-state index < -0.39 is 0 Å². The number of carbonyl (C=O) groups is 1. The van der Waals surface area contributed by atoms with Crippen molar-refractivity contribution in [1.29, 1.82) is 0 Å². The minimum atomic E-state index is -0.00467. The normalized spacial score (nSPS) is 9.08. The number of hydrogen-bond donors (Lipinski definition) is 1. The number of nitrogens with one attached hydrogen (secondary N) is 1. The van der Waals surface area contributed by atoms with Crippen molar-refractivity contribution >= 4 is 5.78 Å². The molecule has 3 heteroatoms. The predicted molar refractivity (Wildman–Crippen MR) is 52.4 cm³/mol. The summed E-state index contributed by atoms with van der Waals surface area (Å²) in [6.07, 6.45) is 1.26. The molecule has 0 saturated heterocycles. The van der Waals surface area contributed by atoms with Gasteiger partial charge in [0, 0.05) is 19.6 Å². The van der Waals surface area contributed by atoms with Crippen LogP contribution in [-0.4, -0.2) is 32.6 Å². The van der Waals surface area contributed by atoms with Crippen LogP contribution in [0.15, 0.2) is 0 Å². The minimum Gasteiger partial charge on any atom is -0.382 e. The zero-order valence-electron chi connectivity index (χ0n) is 8.35. The lowest BCUT2D eigenvalue weighted by atomic mass is 10.2. The number of ether oxygens (including phenoxy) is 1. The summed E-state index contributed by atoms with van der Waals surface area (Å²) in [6.45, 7) is 3.86. The van der Waals surface area contributed by atoms with Crippen molar-refractivity contribution in [3.63, 3.8) is 0 Å². The van der Waals surface area contributed by atoms with Gasteiger partial charge in [0.25, 0.3) is 0 Å². The first-order valence-corrected chi connectivity index (χ1v) is 4.55. The molecule has 0 heterocycles. The summed E-state index contributed by atoms with van der Waals surface area (Å²) in [5.41, 5.74) is 0. The zero-order chi connectivity index (χ0) is 9.94. The van der Waals surface area contributed by atoms with Gasteiger partial charge in [0.2, 0.25) is 5.78 Å². The minimum absolute atomic E-state index is 0.00467. The van der Waals surface area contributed by atoms with E-state index in [1.807, 2.05) is 6.92 Å². The second-order valence-electron chi connectivity index (χ2n) is 2.56. The first-order chi connectivity index (χ1) is 6.31. The van der Waals surface area contributed by atoms with E-state index in [1.54, 1.807) is 7.05 Å². The Morgan fingerprint density at radius 1 is 1.54 bits per heavy atom. The Labute approximate surface area is 79.8 Å². The van der Waals surface area contributed by atoms with Gasteiger partial charge in [0.05, 0.1) is 6.54 Å². The van der Waals surface area contributed by atoms with E-state index in [2.05, 4.69) is 17.2 Å². The van der Waals surface area contributed by atoms with Crippen LogP contribution in [0.2, 0.25) is 0 Å². The summed E-state index contributed by atoms with van der Waals surface area (Å²) in [4.78, 5) is 11.0. The molecular formula is C10H17NO2. The molecule has 0 rings (SSSR count). The molecule has 1 N–H and O–H groups in total. The van der Waals surface area contributed by atoms with Crippen molar-refractivity contribution in [2.75, 3.05) is 26.8 Å². The molecule has 0 atom stereocenters. The second kappa shape index (κ2) is 9.24. The molecule has 0 bridgehead atoms. The highest BCUT2D eigenvalue weighted by atomic mass is 16.5. The molecule has 0 aromatic rings. The predicted octanol–water partition coefficient (Wildman–Crippen LogP) is 0.595. The lowest BCUT2D eigenvalue weighted by molar-refractivity contribution is -0.114. The Kier molecular flexibility index (Phi) is 8.64. The molecule has 0 amide bonds. The molecule has 0 aliphatic heterocycles. The van der Waals surface area contributed by atoms with E-state index in [0.717, 1.165) is 6.42 Å². The maximum absolute atomic E-state index is 11.0. The van der Waals surface area contributed by atoms with Gasteiger partial charge in [-0.3, -0.25) is 4.79 Å². The molecule has 74 valence electrons. The third-order valence-corrected chi connectivity index (χ3v) is 1.39. The smallest absolute Gasteiger partial charge is 0.205 e. The fraction of sp³-hybridized carbons (Fsp3) is 0.700. The van der Waals surface area contributed by atoms with E-state index in [1.165, 1.54) is 0 Å². The molecule has 0 saturated carbocycles. The molecule has 0 aliphatic carbocycles. The van der Waals surface area contributed by atoms with Gasteiger partial charge in [0.15, 0.2) is 0 Å². The molecule has 3 nitrogen and oxygen atoms in total. The Hall–Kier alpha value is -0.850. The first kappa shape index (κ1) is 12.2. The van der Waals surface area contributed by atoms with Gasteiger partial charge in [-0.2, -0.15) is 0 Å². The SMILES string of the molecule is CCOCCCC(=O)C#CCNC. The molecule has 13 heavy (non-hydrogen) atoms. The van der Waals surface area contributed by atoms with Crippen LogP contribution < -0.4 is 5.32 Å². The lowest BCUT2D eigenvalue weighted by Crippen LogP contribution is -2.05. The van der Waals surface area contributed by atoms with Gasteiger partial charge in [-0.25, -0.2) is 0 Å². The van der Waals surface area contributed by atoms with E-state index in [0.29, 0.717) is 26.2 Å². The average Bonchev–Trinajstić information content (AvgIpc) is 2.13. The molecule has 0 unspecified atom stereocenters. The Morgan fingerprint density at radius 3 is 2.92 bits per heavy atom. The summed E-state index contributed by atoms with van der Waals surface area (Å²) < 4.78 is 5.10. The van der Waals surface area contributed by atoms with Gasteiger partial charge < -0.3 is 10.1 Å². The molecule has 0 aromatic heterocycles. The van der Waals surface area contributed by atoms with Gasteiger partial charge in [0.1, 0.15) is 0 Å². The van der Waals surface area contributed by atoms with Crippen molar-refractivity contribution < 1.29 is 9.53 Å². The highest BCUT2D eigenvalue weighted by Crippen LogP contribution is 1.90. The molecule has 0 spiro atoms. The van der Waals surface area contributed by atoms with Crippen LogP contribution in [0.4, 0.5) is 0 Å². The largest absolute Gasteiger partial charge is 0.382 e. The monoisotopic (exact) mass is 183 g/mol. The topological polar surface area (TPSA) is 38.3 Å². The maximum Gasteiger partial charge on any atom is 0.205 e. The number of rotatable bonds is 6. The summed E-state index contributed by atoms with van der Waals surface area (Å²) >= 11 is 0. The van der Waals surface area contributed by atoms with Crippen molar-refractivity contribution in [1.82, 2.24) is 5.32 Å². The van der Waals surface area contributed by atoms with Crippen LogP contribution in [0.5, 0.6) is 0 Å². The van der Waals surface area contributed by atoms with Crippen LogP contribution in [0.1, 0.15) is 19.8 Å². The number of carbonyl (C=O) groups excluding carboxylic acids is 1. The molecule has 0 fully saturated rings. The standard InChI is InChI=1S/C10H17NO2/c1-3-13-9-5-7-10(12)6-4-8-11-2/h11H,3,5,7-9H2,1-2H3. The van der Waals surface area contributed by atoms with Crippen LogP contribution in [0.25, 0.3) is 0 Å². The number of Topliss-reactive ketones (excluding diaryl/α,β-unsaturated/α-hetero) is 1. The van der Waals surface area contributed by atoms with Crippen molar-refractivity contribution in [2.45, 2.75) is 19.8 Å². The summed E-state index contributed by atoms with van der Waals surface area (Å²) in [7, 11) is 1.80. The third-order valence-electron chi connectivity index (χ3n) is 1.39. The lowest BCUT2D eigenvalue weighted by Gasteiger charge is -1.96. The average molecular weight is 183 g/mol. The zero-order valence-corrected chi connectivity index (χ0v) is 8.35. The van der Waals surface area contributed by atoms with Crippen LogP contribution in [-0.2, 0) is 9.53 Å². The fourth-order valence-corrected chi connectivity index (χ4v) is 0.773. The van der Waals surface area contributed by atoms with Gasteiger partial charge in [-0.1, -0.05) is 5.92 Å². The Balaban J connectivity index is 3.36. The molecular weight excluding hydrogens is 166 g/mol. The molecule has 0 radical (unpaired) electrons. The third kappa shape index (κ3) is 9.06. The summed E-state index contributed by atoms with van der Waals surface area (Å²) in [6, 6.07) is 0. The highest BCUT2D eigenvalue weighted by molar-refractivity contribution is 5.95. The van der Waals surface area contributed by atoms with Crippen LogP contribution in [0, 0.1) is 11.8 Å². The molecule has 0 aliphatic rings. The van der Waals surface area contributed by atoms with Gasteiger partial charge in [-0.15, -0.1) is 0 Å². The van der Waals surface area contributed by atoms with E-state index in [-0.39, 0.29) is 5.78 Å². The van der Waals surface area contributed by atoms with Crippen molar-refractivity contribution in [3.05, 3.63) is 0 Å². The van der Waals surface area contributed by atoms with E-state index >= 15 is 0 Å². The summed E-state index contributed by atoms with van der Waals surface area (Å²) in [5, 5.41) is 2.85. The van der Waals surface area contributed by atoms with Gasteiger partial charge >= 0.3 is 0 Å². The number of hydrogen-bond acceptors (Lipinski definition) is 3. The summed E-state index contributed by atoms with van der Waals surface area (Å²) in [5.74, 6) is 5.27. The van der Waals surface area contributed by atoms with Crippen molar-refractivity contribution in [3.8, 4) is 11.8 Å². The number of ketones is 1. The fourth-order valence-electron chi connectivity index (χ4n) is 0.773.